The lowest BCUT2D eigenvalue weighted by Crippen LogP contribution is -2.28. The van der Waals surface area contributed by atoms with E-state index in [0.29, 0.717) is 5.92 Å². The van der Waals surface area contributed by atoms with Gasteiger partial charge in [0.1, 0.15) is 0 Å². The Morgan fingerprint density at radius 3 is 3.00 bits per heavy atom. The van der Waals surface area contributed by atoms with Crippen molar-refractivity contribution >= 4 is 5.91 Å². The van der Waals surface area contributed by atoms with Crippen LogP contribution in [0.3, 0.4) is 0 Å². The van der Waals surface area contributed by atoms with Crippen molar-refractivity contribution in [1.82, 2.24) is 15.5 Å². The zero-order chi connectivity index (χ0) is 12.1. The van der Waals surface area contributed by atoms with Gasteiger partial charge in [0, 0.05) is 18.7 Å². The summed E-state index contributed by atoms with van der Waals surface area (Å²) in [6.07, 6.45) is 8.33. The summed E-state index contributed by atoms with van der Waals surface area (Å²) in [5.74, 6) is 0.879. The van der Waals surface area contributed by atoms with E-state index in [2.05, 4.69) is 15.5 Å². The van der Waals surface area contributed by atoms with Crippen molar-refractivity contribution in [3.63, 3.8) is 0 Å². The van der Waals surface area contributed by atoms with Gasteiger partial charge in [-0.1, -0.05) is 6.42 Å². The number of amides is 1. The van der Waals surface area contributed by atoms with Crippen LogP contribution in [-0.4, -0.2) is 22.6 Å². The summed E-state index contributed by atoms with van der Waals surface area (Å²) >= 11 is 0. The number of rotatable bonds is 6. The minimum absolute atomic E-state index is 0.221. The van der Waals surface area contributed by atoms with E-state index in [4.69, 9.17) is 0 Å². The van der Waals surface area contributed by atoms with Crippen LogP contribution in [0.15, 0.2) is 6.20 Å². The molecule has 1 aromatic heterocycles. The molecule has 0 aromatic carbocycles. The molecule has 1 heterocycles. The number of nitrogens with zero attached hydrogens (tertiary/aromatic N) is 1. The third kappa shape index (κ3) is 3.58. The van der Waals surface area contributed by atoms with E-state index in [1.807, 2.05) is 13.1 Å². The molecule has 1 saturated carbocycles. The van der Waals surface area contributed by atoms with Crippen LogP contribution in [0.1, 0.15) is 43.4 Å². The fourth-order valence-electron chi connectivity index (χ4n) is 2.17. The summed E-state index contributed by atoms with van der Waals surface area (Å²) in [6.45, 7) is 2.80. The quantitative estimate of drug-likeness (QED) is 0.740. The summed E-state index contributed by atoms with van der Waals surface area (Å²) in [6, 6.07) is 0. The fourth-order valence-corrected chi connectivity index (χ4v) is 2.17. The second-order valence-electron chi connectivity index (χ2n) is 4.97. The smallest absolute Gasteiger partial charge is 0.220 e. The monoisotopic (exact) mass is 235 g/mol. The van der Waals surface area contributed by atoms with E-state index in [9.17, 15) is 4.79 Å². The molecule has 4 nitrogen and oxygen atoms in total. The lowest BCUT2D eigenvalue weighted by molar-refractivity contribution is -0.122. The molecule has 1 aliphatic carbocycles. The minimum atomic E-state index is 0.221. The molecule has 0 bridgehead atoms. The topological polar surface area (TPSA) is 57.8 Å². The minimum Gasteiger partial charge on any atom is -0.356 e. The largest absolute Gasteiger partial charge is 0.356 e. The number of hydrogen-bond donors (Lipinski definition) is 2. The maximum Gasteiger partial charge on any atom is 0.220 e. The molecule has 0 atom stereocenters. The van der Waals surface area contributed by atoms with Gasteiger partial charge >= 0.3 is 0 Å². The van der Waals surface area contributed by atoms with E-state index < -0.39 is 0 Å². The highest BCUT2D eigenvalue weighted by Crippen LogP contribution is 2.28. The molecule has 1 aromatic rings. The predicted molar refractivity (Wildman–Crippen MR) is 66.6 cm³/mol. The van der Waals surface area contributed by atoms with Gasteiger partial charge < -0.3 is 5.32 Å². The van der Waals surface area contributed by atoms with Gasteiger partial charge in [0.15, 0.2) is 0 Å². The summed E-state index contributed by atoms with van der Waals surface area (Å²) in [5.41, 5.74) is 2.38. The van der Waals surface area contributed by atoms with Crippen molar-refractivity contribution in [2.24, 2.45) is 5.92 Å². The first-order valence-corrected chi connectivity index (χ1v) is 6.51. The van der Waals surface area contributed by atoms with Crippen LogP contribution in [0.2, 0.25) is 0 Å². The molecule has 2 rings (SSSR count). The fraction of sp³-hybridized carbons (Fsp3) is 0.692. The Hall–Kier alpha value is -1.32. The Labute approximate surface area is 102 Å². The zero-order valence-electron chi connectivity index (χ0n) is 10.5. The number of aryl methyl sites for hydroxylation is 2. The Morgan fingerprint density at radius 1 is 1.59 bits per heavy atom. The molecule has 0 saturated heterocycles. The molecular weight excluding hydrogens is 214 g/mol. The van der Waals surface area contributed by atoms with Gasteiger partial charge in [-0.05, 0) is 44.1 Å². The second kappa shape index (κ2) is 5.84. The Bertz CT molecular complexity index is 368. The first kappa shape index (κ1) is 12.1. The van der Waals surface area contributed by atoms with E-state index in [0.717, 1.165) is 31.5 Å². The van der Waals surface area contributed by atoms with Crippen LogP contribution in [0.4, 0.5) is 0 Å². The third-order valence-corrected chi connectivity index (χ3v) is 3.58. The number of hydrogen-bond acceptors (Lipinski definition) is 2. The highest BCUT2D eigenvalue weighted by molar-refractivity contribution is 5.76. The van der Waals surface area contributed by atoms with Crippen molar-refractivity contribution < 1.29 is 4.79 Å². The lowest BCUT2D eigenvalue weighted by Gasteiger charge is -2.24. The van der Waals surface area contributed by atoms with E-state index in [-0.39, 0.29) is 5.91 Å². The lowest BCUT2D eigenvalue weighted by atomic mass is 9.83. The number of carbonyl (C=O) groups is 1. The molecule has 1 amide bonds. The van der Waals surface area contributed by atoms with Gasteiger partial charge in [-0.2, -0.15) is 5.10 Å². The molecule has 2 N–H and O–H groups in total. The summed E-state index contributed by atoms with van der Waals surface area (Å²) in [5, 5.41) is 9.90. The Kier molecular flexibility index (Phi) is 4.18. The van der Waals surface area contributed by atoms with Gasteiger partial charge in [0.25, 0.3) is 0 Å². The highest BCUT2D eigenvalue weighted by atomic mass is 16.1. The van der Waals surface area contributed by atoms with Crippen molar-refractivity contribution in [2.45, 2.75) is 45.4 Å². The summed E-state index contributed by atoms with van der Waals surface area (Å²) in [4.78, 5) is 11.5. The molecule has 0 unspecified atom stereocenters. The maximum atomic E-state index is 11.5. The van der Waals surface area contributed by atoms with Crippen molar-refractivity contribution in [1.29, 1.82) is 0 Å². The third-order valence-electron chi connectivity index (χ3n) is 3.58. The standard InChI is InChI=1S/C13H21N3O/c1-10-12(9-15-16-10)6-3-7-14-13(17)8-11-4-2-5-11/h9,11H,2-8H2,1H3,(H,14,17)(H,15,16). The molecule has 0 spiro atoms. The van der Waals surface area contributed by atoms with Gasteiger partial charge in [0.2, 0.25) is 5.91 Å². The van der Waals surface area contributed by atoms with Crippen LogP contribution in [0.5, 0.6) is 0 Å². The van der Waals surface area contributed by atoms with Gasteiger partial charge in [-0.15, -0.1) is 0 Å². The average Bonchev–Trinajstić information content (AvgIpc) is 2.65. The van der Waals surface area contributed by atoms with Crippen LogP contribution in [0.25, 0.3) is 0 Å². The van der Waals surface area contributed by atoms with Gasteiger partial charge in [-0.25, -0.2) is 0 Å². The molecule has 1 fully saturated rings. The van der Waals surface area contributed by atoms with E-state index in [1.165, 1.54) is 24.8 Å². The second-order valence-corrected chi connectivity index (χ2v) is 4.97. The van der Waals surface area contributed by atoms with Crippen LogP contribution in [0, 0.1) is 12.8 Å². The molecule has 4 heteroatoms. The average molecular weight is 235 g/mol. The maximum absolute atomic E-state index is 11.5. The molecular formula is C13H21N3O. The number of aromatic amines is 1. The number of carbonyl (C=O) groups excluding carboxylic acids is 1. The number of H-pyrrole nitrogens is 1. The highest BCUT2D eigenvalue weighted by Gasteiger charge is 2.20. The molecule has 1 aliphatic rings. The van der Waals surface area contributed by atoms with E-state index in [1.54, 1.807) is 0 Å². The first-order chi connectivity index (χ1) is 8.25. The van der Waals surface area contributed by atoms with E-state index >= 15 is 0 Å². The molecule has 0 aliphatic heterocycles. The zero-order valence-corrected chi connectivity index (χ0v) is 10.5. The van der Waals surface area contributed by atoms with Gasteiger partial charge in [0.05, 0.1) is 6.20 Å². The first-order valence-electron chi connectivity index (χ1n) is 6.51. The van der Waals surface area contributed by atoms with Crippen molar-refractivity contribution in [3.05, 3.63) is 17.5 Å². The molecule has 17 heavy (non-hydrogen) atoms. The SMILES string of the molecule is Cc1[nH]ncc1CCCNC(=O)CC1CCC1. The van der Waals surface area contributed by atoms with Crippen LogP contribution >= 0.6 is 0 Å². The Balaban J connectivity index is 1.56. The predicted octanol–water partition coefficient (Wildman–Crippen LogP) is 1.96. The molecule has 0 radical (unpaired) electrons. The van der Waals surface area contributed by atoms with Gasteiger partial charge in [-0.3, -0.25) is 9.89 Å². The Morgan fingerprint density at radius 2 is 2.41 bits per heavy atom. The van der Waals surface area contributed by atoms with Crippen LogP contribution in [-0.2, 0) is 11.2 Å². The normalized spacial score (nSPS) is 15.6. The number of nitrogens with one attached hydrogen (secondary N) is 2. The van der Waals surface area contributed by atoms with Crippen molar-refractivity contribution in [3.8, 4) is 0 Å². The van der Waals surface area contributed by atoms with Crippen molar-refractivity contribution in [2.75, 3.05) is 6.54 Å². The summed E-state index contributed by atoms with van der Waals surface area (Å²) < 4.78 is 0. The van der Waals surface area contributed by atoms with Crippen LogP contribution < -0.4 is 5.32 Å². The summed E-state index contributed by atoms with van der Waals surface area (Å²) in [7, 11) is 0. The molecule has 94 valence electrons. The number of aromatic nitrogens is 2.